The Morgan fingerprint density at radius 2 is 1.64 bits per heavy atom. The summed E-state index contributed by atoms with van der Waals surface area (Å²) >= 11 is 0. The predicted molar refractivity (Wildman–Crippen MR) is 104 cm³/mol. The van der Waals surface area contributed by atoms with E-state index in [2.05, 4.69) is 5.32 Å². The molecule has 2 aromatic carbocycles. The van der Waals surface area contributed by atoms with Crippen molar-refractivity contribution in [3.05, 3.63) is 59.2 Å². The van der Waals surface area contributed by atoms with Crippen LogP contribution >= 0.6 is 0 Å². The van der Waals surface area contributed by atoms with Gasteiger partial charge < -0.3 is 9.47 Å². The van der Waals surface area contributed by atoms with E-state index in [4.69, 9.17) is 9.47 Å². The second kappa shape index (κ2) is 7.96. The van der Waals surface area contributed by atoms with Crippen molar-refractivity contribution in [1.82, 2.24) is 5.32 Å². The highest BCUT2D eigenvalue weighted by Crippen LogP contribution is 2.29. The topological polar surface area (TPSA) is 84.9 Å². The molecule has 4 amide bonds. The molecule has 1 N–H and O–H groups in total. The van der Waals surface area contributed by atoms with Crippen LogP contribution in [0.25, 0.3) is 6.08 Å². The number of hydrogen-bond acceptors (Lipinski definition) is 5. The van der Waals surface area contributed by atoms with E-state index in [9.17, 15) is 14.4 Å². The van der Waals surface area contributed by atoms with Crippen molar-refractivity contribution in [2.75, 3.05) is 19.1 Å². The first-order chi connectivity index (χ1) is 13.5. The zero-order valence-corrected chi connectivity index (χ0v) is 15.8. The van der Waals surface area contributed by atoms with Gasteiger partial charge in [-0.1, -0.05) is 25.1 Å². The van der Waals surface area contributed by atoms with Crippen molar-refractivity contribution in [3.63, 3.8) is 0 Å². The minimum absolute atomic E-state index is 0.147. The summed E-state index contributed by atoms with van der Waals surface area (Å²) in [5.74, 6) is -0.445. The van der Waals surface area contributed by atoms with Gasteiger partial charge in [0.1, 0.15) is 5.57 Å². The Morgan fingerprint density at radius 3 is 2.25 bits per heavy atom. The summed E-state index contributed by atoms with van der Waals surface area (Å²) in [6, 6.07) is 11.3. The molecule has 0 radical (unpaired) electrons. The van der Waals surface area contributed by atoms with Crippen molar-refractivity contribution in [3.8, 4) is 11.5 Å². The quantitative estimate of drug-likeness (QED) is 0.637. The average molecular weight is 380 g/mol. The average Bonchev–Trinajstić information content (AvgIpc) is 2.71. The lowest BCUT2D eigenvalue weighted by atomic mass is 10.1. The Balaban J connectivity index is 1.98. The van der Waals surface area contributed by atoms with Gasteiger partial charge in [-0.05, 0) is 47.9 Å². The minimum atomic E-state index is -0.774. The van der Waals surface area contributed by atoms with Crippen LogP contribution < -0.4 is 19.7 Å². The van der Waals surface area contributed by atoms with Crippen molar-refractivity contribution in [1.29, 1.82) is 0 Å². The first-order valence-corrected chi connectivity index (χ1v) is 8.71. The molecule has 7 heteroatoms. The molecule has 1 heterocycles. The van der Waals surface area contributed by atoms with Crippen LogP contribution in [0.2, 0.25) is 0 Å². The van der Waals surface area contributed by atoms with Gasteiger partial charge in [-0.25, -0.2) is 9.69 Å². The minimum Gasteiger partial charge on any atom is -0.493 e. The first kappa shape index (κ1) is 19.2. The number of barbiturate groups is 1. The summed E-state index contributed by atoms with van der Waals surface area (Å²) in [5, 5.41) is 2.21. The van der Waals surface area contributed by atoms with Gasteiger partial charge in [0.05, 0.1) is 19.9 Å². The Kier molecular flexibility index (Phi) is 5.44. The molecule has 0 bridgehead atoms. The molecule has 0 saturated carbocycles. The van der Waals surface area contributed by atoms with Gasteiger partial charge in [0, 0.05) is 0 Å². The maximum absolute atomic E-state index is 12.9. The molecule has 0 atom stereocenters. The van der Waals surface area contributed by atoms with Gasteiger partial charge in [0.2, 0.25) is 0 Å². The number of anilines is 1. The molecule has 1 fully saturated rings. The molecule has 7 nitrogen and oxygen atoms in total. The van der Waals surface area contributed by atoms with E-state index < -0.39 is 17.8 Å². The summed E-state index contributed by atoms with van der Waals surface area (Å²) in [6.45, 7) is 2.01. The fourth-order valence-corrected chi connectivity index (χ4v) is 2.88. The number of benzene rings is 2. The zero-order valence-electron chi connectivity index (χ0n) is 15.8. The third-order valence-corrected chi connectivity index (χ3v) is 4.42. The molecule has 1 aliphatic heterocycles. The number of nitrogens with zero attached hydrogens (tertiary/aromatic N) is 1. The molecule has 28 heavy (non-hydrogen) atoms. The number of aryl methyl sites for hydroxylation is 1. The molecular formula is C21H20N2O5. The summed E-state index contributed by atoms with van der Waals surface area (Å²) in [6.07, 6.45) is 2.25. The number of carbonyl (C=O) groups excluding carboxylic acids is 3. The van der Waals surface area contributed by atoms with Crippen LogP contribution in [-0.4, -0.2) is 32.1 Å². The maximum Gasteiger partial charge on any atom is 0.335 e. The SMILES string of the molecule is CCc1ccc(N2C(=O)NC(=O)/C(=C/c3ccc(OC)c(OC)c3)C2=O)cc1. The molecular weight excluding hydrogens is 360 g/mol. The van der Waals surface area contributed by atoms with Gasteiger partial charge in [-0.3, -0.25) is 14.9 Å². The molecule has 1 saturated heterocycles. The summed E-state index contributed by atoms with van der Waals surface area (Å²) < 4.78 is 10.4. The van der Waals surface area contributed by atoms with Crippen molar-refractivity contribution >= 4 is 29.6 Å². The second-order valence-electron chi connectivity index (χ2n) is 6.09. The van der Waals surface area contributed by atoms with E-state index in [1.807, 2.05) is 19.1 Å². The highest BCUT2D eigenvalue weighted by Gasteiger charge is 2.36. The number of ether oxygens (including phenoxy) is 2. The zero-order chi connectivity index (χ0) is 20.3. The second-order valence-corrected chi connectivity index (χ2v) is 6.09. The van der Waals surface area contributed by atoms with E-state index in [1.165, 1.54) is 20.3 Å². The lowest BCUT2D eigenvalue weighted by Gasteiger charge is -2.26. The van der Waals surface area contributed by atoms with Gasteiger partial charge in [-0.2, -0.15) is 0 Å². The van der Waals surface area contributed by atoms with Gasteiger partial charge in [0.15, 0.2) is 11.5 Å². The van der Waals surface area contributed by atoms with Crippen molar-refractivity contribution in [2.24, 2.45) is 0 Å². The largest absolute Gasteiger partial charge is 0.493 e. The maximum atomic E-state index is 12.9. The lowest BCUT2D eigenvalue weighted by Crippen LogP contribution is -2.54. The first-order valence-electron chi connectivity index (χ1n) is 8.71. The number of amides is 4. The third kappa shape index (κ3) is 3.59. The van der Waals surface area contributed by atoms with Crippen molar-refractivity contribution in [2.45, 2.75) is 13.3 Å². The number of imide groups is 2. The highest BCUT2D eigenvalue weighted by molar-refractivity contribution is 6.39. The van der Waals surface area contributed by atoms with Crippen LogP contribution in [0.5, 0.6) is 11.5 Å². The van der Waals surface area contributed by atoms with E-state index in [0.717, 1.165) is 16.9 Å². The monoisotopic (exact) mass is 380 g/mol. The Labute approximate surface area is 162 Å². The van der Waals surface area contributed by atoms with Crippen LogP contribution in [0.15, 0.2) is 48.0 Å². The Hall–Kier alpha value is -3.61. The molecule has 144 valence electrons. The molecule has 3 rings (SSSR count). The Bertz CT molecular complexity index is 963. The molecule has 0 aromatic heterocycles. The number of nitrogens with one attached hydrogen (secondary N) is 1. The fourth-order valence-electron chi connectivity index (χ4n) is 2.88. The standard InChI is InChI=1S/C21H20N2O5/c1-4-13-5-8-15(9-6-13)23-20(25)16(19(24)22-21(23)26)11-14-7-10-17(27-2)18(12-14)28-3/h5-12H,4H2,1-3H3,(H,22,24,26)/b16-11-. The highest BCUT2D eigenvalue weighted by atomic mass is 16.5. The summed E-state index contributed by atoms with van der Waals surface area (Å²) in [7, 11) is 3.01. The van der Waals surface area contributed by atoms with Gasteiger partial charge >= 0.3 is 6.03 Å². The Morgan fingerprint density at radius 1 is 0.964 bits per heavy atom. The van der Waals surface area contributed by atoms with Crippen LogP contribution in [0.4, 0.5) is 10.5 Å². The number of carbonyl (C=O) groups is 3. The van der Waals surface area contributed by atoms with E-state index in [0.29, 0.717) is 22.7 Å². The van der Waals surface area contributed by atoms with Gasteiger partial charge in [-0.15, -0.1) is 0 Å². The fraction of sp³-hybridized carbons (Fsp3) is 0.190. The van der Waals surface area contributed by atoms with E-state index >= 15 is 0 Å². The summed E-state index contributed by atoms with van der Waals surface area (Å²) in [4.78, 5) is 38.4. The van der Waals surface area contributed by atoms with Crippen LogP contribution in [0.1, 0.15) is 18.1 Å². The van der Waals surface area contributed by atoms with Gasteiger partial charge in [0.25, 0.3) is 11.8 Å². The molecule has 0 aliphatic carbocycles. The third-order valence-electron chi connectivity index (χ3n) is 4.42. The normalized spacial score (nSPS) is 15.6. The smallest absolute Gasteiger partial charge is 0.335 e. The molecule has 0 unspecified atom stereocenters. The number of hydrogen-bond donors (Lipinski definition) is 1. The predicted octanol–water partition coefficient (Wildman–Crippen LogP) is 2.93. The van der Waals surface area contributed by atoms with Crippen LogP contribution in [0.3, 0.4) is 0 Å². The van der Waals surface area contributed by atoms with Crippen molar-refractivity contribution < 1.29 is 23.9 Å². The molecule has 2 aromatic rings. The molecule has 1 aliphatic rings. The van der Waals surface area contributed by atoms with Crippen LogP contribution in [0, 0.1) is 0 Å². The van der Waals surface area contributed by atoms with E-state index in [-0.39, 0.29) is 5.57 Å². The lowest BCUT2D eigenvalue weighted by molar-refractivity contribution is -0.122. The molecule has 0 spiro atoms. The van der Waals surface area contributed by atoms with E-state index in [1.54, 1.807) is 30.3 Å². The summed E-state index contributed by atoms with van der Waals surface area (Å²) in [5.41, 5.74) is 1.88. The van der Waals surface area contributed by atoms with Crippen LogP contribution in [-0.2, 0) is 16.0 Å². The number of rotatable bonds is 5. The number of urea groups is 1. The number of methoxy groups -OCH3 is 2.